The van der Waals surface area contributed by atoms with E-state index < -0.39 is 5.54 Å². The van der Waals surface area contributed by atoms with Gasteiger partial charge in [0.05, 0.1) is 7.11 Å². The van der Waals surface area contributed by atoms with Crippen LogP contribution in [0.25, 0.3) is 0 Å². The molecule has 2 N–H and O–H groups in total. The van der Waals surface area contributed by atoms with E-state index in [1.807, 2.05) is 37.3 Å². The summed E-state index contributed by atoms with van der Waals surface area (Å²) in [5.74, 6) is 0.883. The summed E-state index contributed by atoms with van der Waals surface area (Å²) >= 11 is 3.49. The Hall–Kier alpha value is -1.32. The molecule has 1 atom stereocenters. The molecule has 0 saturated heterocycles. The van der Waals surface area contributed by atoms with Gasteiger partial charge in [-0.1, -0.05) is 46.3 Å². The lowest BCUT2D eigenvalue weighted by atomic mass is 9.86. The quantitative estimate of drug-likeness (QED) is 0.928. The zero-order valence-electron chi connectivity index (χ0n) is 11.2. The van der Waals surface area contributed by atoms with Gasteiger partial charge in [0.25, 0.3) is 0 Å². The van der Waals surface area contributed by atoms with E-state index in [1.165, 1.54) is 0 Å². The van der Waals surface area contributed by atoms with E-state index in [1.54, 1.807) is 7.11 Å². The lowest BCUT2D eigenvalue weighted by molar-refractivity contribution is 0.399. The maximum absolute atomic E-state index is 6.49. The third-order valence-electron chi connectivity index (χ3n) is 3.23. The third kappa shape index (κ3) is 3.37. The molecule has 3 heteroatoms. The molecular weight excluding hydrogens is 302 g/mol. The van der Waals surface area contributed by atoms with Gasteiger partial charge in [0, 0.05) is 10.0 Å². The summed E-state index contributed by atoms with van der Waals surface area (Å²) in [5.41, 5.74) is 8.28. The van der Waals surface area contributed by atoms with Crippen LogP contribution in [0.1, 0.15) is 18.1 Å². The molecule has 0 radical (unpaired) electrons. The van der Waals surface area contributed by atoms with Crippen molar-refractivity contribution in [1.29, 1.82) is 0 Å². The Morgan fingerprint density at radius 3 is 2.58 bits per heavy atom. The Kier molecular flexibility index (Phi) is 4.27. The lowest BCUT2D eigenvalue weighted by Crippen LogP contribution is -2.35. The van der Waals surface area contributed by atoms with E-state index in [0.717, 1.165) is 27.8 Å². The van der Waals surface area contributed by atoms with E-state index in [2.05, 4.69) is 34.1 Å². The van der Waals surface area contributed by atoms with Crippen molar-refractivity contribution in [3.63, 3.8) is 0 Å². The fourth-order valence-electron chi connectivity index (χ4n) is 2.19. The second-order valence-corrected chi connectivity index (χ2v) is 5.83. The Morgan fingerprint density at radius 1 is 1.16 bits per heavy atom. The van der Waals surface area contributed by atoms with Gasteiger partial charge in [0.2, 0.25) is 0 Å². The lowest BCUT2D eigenvalue weighted by Gasteiger charge is -2.26. The summed E-state index contributed by atoms with van der Waals surface area (Å²) in [5, 5.41) is 0. The van der Waals surface area contributed by atoms with Crippen molar-refractivity contribution < 1.29 is 4.74 Å². The van der Waals surface area contributed by atoms with Crippen molar-refractivity contribution in [2.75, 3.05) is 7.11 Å². The average Bonchev–Trinajstić information content (AvgIpc) is 2.39. The molecule has 2 aromatic carbocycles. The van der Waals surface area contributed by atoms with Crippen molar-refractivity contribution in [3.8, 4) is 5.75 Å². The predicted molar refractivity (Wildman–Crippen MR) is 82.4 cm³/mol. The van der Waals surface area contributed by atoms with Crippen molar-refractivity contribution >= 4 is 15.9 Å². The monoisotopic (exact) mass is 319 g/mol. The summed E-state index contributed by atoms with van der Waals surface area (Å²) in [6, 6.07) is 16.1. The fourth-order valence-corrected chi connectivity index (χ4v) is 2.59. The molecule has 19 heavy (non-hydrogen) atoms. The number of ether oxygens (including phenoxy) is 1. The molecule has 0 bridgehead atoms. The first-order chi connectivity index (χ1) is 9.03. The SMILES string of the molecule is COc1ccccc1CC(C)(N)c1cccc(Br)c1. The number of benzene rings is 2. The normalized spacial score (nSPS) is 13.9. The van der Waals surface area contributed by atoms with Gasteiger partial charge in [-0.05, 0) is 42.7 Å². The summed E-state index contributed by atoms with van der Waals surface area (Å²) in [7, 11) is 1.69. The van der Waals surface area contributed by atoms with E-state index in [9.17, 15) is 0 Å². The van der Waals surface area contributed by atoms with Gasteiger partial charge in [0.1, 0.15) is 5.75 Å². The average molecular weight is 320 g/mol. The Bertz CT molecular complexity index is 566. The summed E-state index contributed by atoms with van der Waals surface area (Å²) < 4.78 is 6.43. The Morgan fingerprint density at radius 2 is 1.89 bits per heavy atom. The minimum atomic E-state index is -0.432. The van der Waals surface area contributed by atoms with E-state index in [-0.39, 0.29) is 0 Å². The zero-order chi connectivity index (χ0) is 13.9. The van der Waals surface area contributed by atoms with Crippen LogP contribution in [0.3, 0.4) is 0 Å². The number of halogens is 1. The second-order valence-electron chi connectivity index (χ2n) is 4.92. The van der Waals surface area contributed by atoms with Gasteiger partial charge in [-0.3, -0.25) is 0 Å². The number of rotatable bonds is 4. The van der Waals surface area contributed by atoms with E-state index >= 15 is 0 Å². The first kappa shape index (κ1) is 14.1. The van der Waals surface area contributed by atoms with Crippen LogP contribution >= 0.6 is 15.9 Å². The molecule has 2 rings (SSSR count). The summed E-state index contributed by atoms with van der Waals surface area (Å²) in [6.07, 6.45) is 0.730. The van der Waals surface area contributed by atoms with Crippen LogP contribution < -0.4 is 10.5 Å². The van der Waals surface area contributed by atoms with Crippen molar-refractivity contribution in [3.05, 3.63) is 64.1 Å². The maximum Gasteiger partial charge on any atom is 0.122 e. The molecule has 2 nitrogen and oxygen atoms in total. The van der Waals surface area contributed by atoms with Crippen molar-refractivity contribution in [2.45, 2.75) is 18.9 Å². The topological polar surface area (TPSA) is 35.2 Å². The first-order valence-corrected chi connectivity index (χ1v) is 6.99. The maximum atomic E-state index is 6.49. The van der Waals surface area contributed by atoms with Gasteiger partial charge >= 0.3 is 0 Å². The zero-order valence-corrected chi connectivity index (χ0v) is 12.8. The molecule has 0 aliphatic heterocycles. The predicted octanol–water partition coefficient (Wildman–Crippen LogP) is 3.87. The molecule has 0 saturated carbocycles. The van der Waals surface area contributed by atoms with Crippen LogP contribution in [-0.2, 0) is 12.0 Å². The smallest absolute Gasteiger partial charge is 0.122 e. The molecule has 0 amide bonds. The molecule has 0 aliphatic carbocycles. The van der Waals surface area contributed by atoms with Crippen LogP contribution in [0, 0.1) is 0 Å². The van der Waals surface area contributed by atoms with Crippen LogP contribution in [0.15, 0.2) is 53.0 Å². The largest absolute Gasteiger partial charge is 0.496 e. The summed E-state index contributed by atoms with van der Waals surface area (Å²) in [6.45, 7) is 2.04. The molecule has 0 fully saturated rings. The highest BCUT2D eigenvalue weighted by Gasteiger charge is 2.23. The molecule has 0 aliphatic rings. The van der Waals surface area contributed by atoms with Gasteiger partial charge in [-0.2, -0.15) is 0 Å². The third-order valence-corrected chi connectivity index (χ3v) is 3.73. The molecular formula is C16H18BrNO. The highest BCUT2D eigenvalue weighted by atomic mass is 79.9. The minimum absolute atomic E-state index is 0.432. The van der Waals surface area contributed by atoms with Crippen LogP contribution in [0.5, 0.6) is 5.75 Å². The van der Waals surface area contributed by atoms with Crippen LogP contribution in [0.4, 0.5) is 0 Å². The van der Waals surface area contributed by atoms with Crippen LogP contribution in [0.2, 0.25) is 0 Å². The standard InChI is InChI=1S/C16H18BrNO/c1-16(18,13-7-5-8-14(17)10-13)11-12-6-3-4-9-15(12)19-2/h3-10H,11,18H2,1-2H3. The second kappa shape index (κ2) is 5.76. The highest BCUT2D eigenvalue weighted by Crippen LogP contribution is 2.28. The fraction of sp³-hybridized carbons (Fsp3) is 0.250. The Labute approximate surface area is 122 Å². The minimum Gasteiger partial charge on any atom is -0.496 e. The number of hydrogen-bond acceptors (Lipinski definition) is 2. The van der Waals surface area contributed by atoms with Crippen molar-refractivity contribution in [1.82, 2.24) is 0 Å². The Balaban J connectivity index is 2.30. The highest BCUT2D eigenvalue weighted by molar-refractivity contribution is 9.10. The summed E-state index contributed by atoms with van der Waals surface area (Å²) in [4.78, 5) is 0. The van der Waals surface area contributed by atoms with Crippen molar-refractivity contribution in [2.24, 2.45) is 5.73 Å². The van der Waals surface area contributed by atoms with Gasteiger partial charge in [0.15, 0.2) is 0 Å². The number of nitrogens with two attached hydrogens (primary N) is 1. The van der Waals surface area contributed by atoms with E-state index in [0.29, 0.717) is 0 Å². The van der Waals surface area contributed by atoms with Crippen LogP contribution in [-0.4, -0.2) is 7.11 Å². The molecule has 0 spiro atoms. The number of para-hydroxylation sites is 1. The van der Waals surface area contributed by atoms with Gasteiger partial charge in [-0.15, -0.1) is 0 Å². The number of methoxy groups -OCH3 is 1. The molecule has 2 aromatic rings. The first-order valence-electron chi connectivity index (χ1n) is 6.20. The molecule has 0 aromatic heterocycles. The van der Waals surface area contributed by atoms with Gasteiger partial charge < -0.3 is 10.5 Å². The number of hydrogen-bond donors (Lipinski definition) is 1. The van der Waals surface area contributed by atoms with Gasteiger partial charge in [-0.25, -0.2) is 0 Å². The van der Waals surface area contributed by atoms with E-state index in [4.69, 9.17) is 10.5 Å². The molecule has 0 heterocycles. The molecule has 100 valence electrons. The molecule has 1 unspecified atom stereocenters.